The molecule has 0 spiro atoms. The molecule has 0 aliphatic rings. The number of nitrogens with zero attached hydrogens (tertiary/aromatic N) is 6. The lowest BCUT2D eigenvalue weighted by atomic mass is 10.0. The molecule has 0 amide bonds. The summed E-state index contributed by atoms with van der Waals surface area (Å²) in [5.41, 5.74) is 8.32. The fourth-order valence-electron chi connectivity index (χ4n) is 6.06. The van der Waals surface area contributed by atoms with Crippen LogP contribution in [0, 0.1) is 0 Å². The van der Waals surface area contributed by atoms with Gasteiger partial charge in [-0.05, 0) is 76.9 Å². The predicted octanol–water partition coefficient (Wildman–Crippen LogP) is 11.2. The summed E-state index contributed by atoms with van der Waals surface area (Å²) < 4.78 is 0. The van der Waals surface area contributed by atoms with Crippen molar-refractivity contribution in [3.8, 4) is 33.9 Å². The molecule has 0 saturated carbocycles. The fraction of sp³-hybridized carbons (Fsp3) is 0. The largest absolute Gasteiger partial charge is 0.295 e. The van der Waals surface area contributed by atoms with Crippen LogP contribution in [0.5, 0.6) is 0 Å². The van der Waals surface area contributed by atoms with Crippen LogP contribution in [0.25, 0.3) is 33.9 Å². The molecule has 0 atom stereocenters. The molecule has 6 nitrogen and oxygen atoms in total. The first-order valence-corrected chi connectivity index (χ1v) is 16.5. The van der Waals surface area contributed by atoms with Crippen LogP contribution in [-0.2, 0) is 0 Å². The van der Waals surface area contributed by atoms with E-state index >= 15 is 0 Å². The summed E-state index contributed by atoms with van der Waals surface area (Å²) in [6, 6.07) is 62.3. The van der Waals surface area contributed by atoms with Crippen molar-refractivity contribution >= 4 is 34.4 Å². The third-order valence-electron chi connectivity index (χ3n) is 8.37. The second-order valence-electron chi connectivity index (χ2n) is 11.7. The Labute approximate surface area is 291 Å². The van der Waals surface area contributed by atoms with Crippen LogP contribution in [0.1, 0.15) is 0 Å². The van der Waals surface area contributed by atoms with Gasteiger partial charge in [-0.15, -0.1) is 0 Å². The first-order chi connectivity index (χ1) is 24.8. The highest BCUT2D eigenvalue weighted by atomic mass is 15.3. The van der Waals surface area contributed by atoms with Crippen LogP contribution in [-0.4, -0.2) is 19.9 Å². The van der Waals surface area contributed by atoms with Crippen LogP contribution in [0.4, 0.5) is 34.4 Å². The lowest BCUT2D eigenvalue weighted by Gasteiger charge is -2.29. The quantitative estimate of drug-likeness (QED) is 0.156. The van der Waals surface area contributed by atoms with Gasteiger partial charge in [-0.2, -0.15) is 0 Å². The molecule has 0 unspecified atom stereocenters. The zero-order chi connectivity index (χ0) is 33.5. The normalized spacial score (nSPS) is 10.8. The number of rotatable bonds is 9. The Bertz CT molecular complexity index is 2170. The monoisotopic (exact) mass is 644 g/mol. The van der Waals surface area contributed by atoms with Crippen molar-refractivity contribution in [2.24, 2.45) is 0 Å². The van der Waals surface area contributed by atoms with E-state index in [1.165, 1.54) is 0 Å². The maximum atomic E-state index is 5.16. The van der Waals surface area contributed by atoms with E-state index in [2.05, 4.69) is 141 Å². The van der Waals surface area contributed by atoms with Gasteiger partial charge >= 0.3 is 0 Å². The average Bonchev–Trinajstić information content (AvgIpc) is 3.20. The summed E-state index contributed by atoms with van der Waals surface area (Å²) in [4.78, 5) is 23.8. The van der Waals surface area contributed by atoms with Gasteiger partial charge in [0.25, 0.3) is 0 Å². The van der Waals surface area contributed by atoms with Gasteiger partial charge in [0.15, 0.2) is 5.82 Å². The van der Waals surface area contributed by atoms with E-state index in [0.29, 0.717) is 23.3 Å². The second kappa shape index (κ2) is 14.1. The molecule has 6 heteroatoms. The Kier molecular flexibility index (Phi) is 8.55. The summed E-state index contributed by atoms with van der Waals surface area (Å²) in [5, 5.41) is 0. The van der Waals surface area contributed by atoms with Crippen LogP contribution in [0.2, 0.25) is 0 Å². The molecule has 0 N–H and O–H groups in total. The minimum Gasteiger partial charge on any atom is -0.295 e. The predicted molar refractivity (Wildman–Crippen MR) is 203 cm³/mol. The molecule has 2 heterocycles. The lowest BCUT2D eigenvalue weighted by Crippen LogP contribution is -2.17. The number of anilines is 6. The van der Waals surface area contributed by atoms with E-state index in [9.17, 15) is 0 Å². The van der Waals surface area contributed by atoms with Crippen molar-refractivity contribution in [3.63, 3.8) is 0 Å². The minimum absolute atomic E-state index is 0.415. The molecule has 8 aromatic rings. The summed E-state index contributed by atoms with van der Waals surface area (Å²) in [6.45, 7) is 0. The Morgan fingerprint density at radius 1 is 0.300 bits per heavy atom. The van der Waals surface area contributed by atoms with Crippen LogP contribution in [0.3, 0.4) is 0 Å². The molecular formula is C44H32N6. The van der Waals surface area contributed by atoms with E-state index in [0.717, 1.165) is 45.0 Å². The first kappa shape index (κ1) is 30.4. The van der Waals surface area contributed by atoms with Crippen molar-refractivity contribution in [2.75, 3.05) is 9.80 Å². The molecule has 50 heavy (non-hydrogen) atoms. The molecule has 6 aromatic carbocycles. The Morgan fingerprint density at radius 2 is 0.680 bits per heavy atom. The standard InChI is InChI=1S/C44H32N6/c1-5-16-33(17-6-1)35-20-13-26-39(30-35)49(37-22-9-3-10-23-37)41-32-42(48-44(47-41)43-45-28-15-29-46-43)50(38-24-11-4-12-25-38)40-27-14-21-36(31-40)34-18-7-2-8-19-34/h1-32H. The van der Waals surface area contributed by atoms with Gasteiger partial charge in [0.1, 0.15) is 11.6 Å². The van der Waals surface area contributed by atoms with Crippen molar-refractivity contribution in [2.45, 2.75) is 0 Å². The van der Waals surface area contributed by atoms with E-state index in [1.807, 2.05) is 54.6 Å². The van der Waals surface area contributed by atoms with E-state index in [1.54, 1.807) is 18.5 Å². The Balaban J connectivity index is 1.36. The van der Waals surface area contributed by atoms with E-state index < -0.39 is 0 Å². The molecule has 0 aliphatic carbocycles. The maximum absolute atomic E-state index is 5.16. The van der Waals surface area contributed by atoms with Gasteiger partial charge in [-0.25, -0.2) is 19.9 Å². The third kappa shape index (κ3) is 6.46. The van der Waals surface area contributed by atoms with Gasteiger partial charge in [-0.3, -0.25) is 9.80 Å². The maximum Gasteiger partial charge on any atom is 0.201 e. The highest BCUT2D eigenvalue weighted by Crippen LogP contribution is 2.41. The van der Waals surface area contributed by atoms with Gasteiger partial charge in [0.05, 0.1) is 0 Å². The molecule has 0 radical (unpaired) electrons. The summed E-state index contributed by atoms with van der Waals surface area (Å²) in [5.74, 6) is 2.20. The molecule has 0 fully saturated rings. The highest BCUT2D eigenvalue weighted by molar-refractivity contribution is 5.83. The van der Waals surface area contributed by atoms with Crippen LogP contribution >= 0.6 is 0 Å². The first-order valence-electron chi connectivity index (χ1n) is 16.5. The molecule has 0 aliphatic heterocycles. The SMILES string of the molecule is c1ccc(-c2cccc(N(c3ccccc3)c3cc(N(c4ccccc4)c4cccc(-c5ccccc5)c4)nc(-c4ncccn4)n3)c2)cc1. The smallest absolute Gasteiger partial charge is 0.201 e. The lowest BCUT2D eigenvalue weighted by molar-refractivity contribution is 1.04. The van der Waals surface area contributed by atoms with Crippen molar-refractivity contribution in [1.29, 1.82) is 0 Å². The summed E-state index contributed by atoms with van der Waals surface area (Å²) in [7, 11) is 0. The van der Waals surface area contributed by atoms with Gasteiger partial charge in [0.2, 0.25) is 5.82 Å². The molecule has 2 aromatic heterocycles. The Morgan fingerprint density at radius 3 is 1.12 bits per heavy atom. The van der Waals surface area contributed by atoms with Crippen LogP contribution < -0.4 is 9.80 Å². The highest BCUT2D eigenvalue weighted by Gasteiger charge is 2.22. The van der Waals surface area contributed by atoms with E-state index in [4.69, 9.17) is 9.97 Å². The number of hydrogen-bond acceptors (Lipinski definition) is 6. The Hall–Kier alpha value is -6.92. The molecule has 8 rings (SSSR count). The van der Waals surface area contributed by atoms with Crippen LogP contribution in [0.15, 0.2) is 194 Å². The number of benzene rings is 6. The minimum atomic E-state index is 0.415. The summed E-state index contributed by atoms with van der Waals surface area (Å²) >= 11 is 0. The second-order valence-corrected chi connectivity index (χ2v) is 11.7. The number of para-hydroxylation sites is 2. The fourth-order valence-corrected chi connectivity index (χ4v) is 6.06. The zero-order valence-electron chi connectivity index (χ0n) is 27.2. The van der Waals surface area contributed by atoms with Gasteiger partial charge in [0, 0.05) is 41.2 Å². The number of aromatic nitrogens is 4. The van der Waals surface area contributed by atoms with Crippen molar-refractivity contribution in [1.82, 2.24) is 19.9 Å². The van der Waals surface area contributed by atoms with Crippen molar-refractivity contribution in [3.05, 3.63) is 194 Å². The van der Waals surface area contributed by atoms with Crippen molar-refractivity contribution < 1.29 is 0 Å². The average molecular weight is 645 g/mol. The zero-order valence-corrected chi connectivity index (χ0v) is 27.2. The van der Waals surface area contributed by atoms with Gasteiger partial charge < -0.3 is 0 Å². The van der Waals surface area contributed by atoms with Gasteiger partial charge in [-0.1, -0.05) is 121 Å². The summed E-state index contributed by atoms with van der Waals surface area (Å²) in [6.07, 6.45) is 3.43. The molecule has 0 bridgehead atoms. The molecular weight excluding hydrogens is 613 g/mol. The van der Waals surface area contributed by atoms with E-state index in [-0.39, 0.29) is 0 Å². The number of hydrogen-bond donors (Lipinski definition) is 0. The topological polar surface area (TPSA) is 58.0 Å². The molecule has 0 saturated heterocycles. The molecule has 238 valence electrons. The third-order valence-corrected chi connectivity index (χ3v) is 8.37.